The van der Waals surface area contributed by atoms with E-state index in [1.54, 1.807) is 24.5 Å². The van der Waals surface area contributed by atoms with Crippen molar-refractivity contribution in [2.24, 2.45) is 0 Å². The molecule has 0 bridgehead atoms. The highest BCUT2D eigenvalue weighted by Crippen LogP contribution is 2.24. The van der Waals surface area contributed by atoms with E-state index < -0.39 is 0 Å². The number of nitrogens with zero attached hydrogens (tertiary/aromatic N) is 3. The zero-order chi connectivity index (χ0) is 17.1. The van der Waals surface area contributed by atoms with E-state index >= 15 is 0 Å². The Hall–Kier alpha value is -2.28. The number of pyridine rings is 1. The second kappa shape index (κ2) is 7.31. The normalized spacial score (nSPS) is 24.4. The summed E-state index contributed by atoms with van der Waals surface area (Å²) in [6.45, 7) is 3.29. The van der Waals surface area contributed by atoms with Gasteiger partial charge in [0.25, 0.3) is 5.91 Å². The van der Waals surface area contributed by atoms with Crippen LogP contribution in [0.3, 0.4) is 0 Å². The summed E-state index contributed by atoms with van der Waals surface area (Å²) in [5.41, 5.74) is 8.84. The molecule has 2 atom stereocenters. The Morgan fingerprint density at radius 3 is 2.40 bits per heavy atom. The first-order valence-electron chi connectivity index (χ1n) is 8.80. The lowest BCUT2D eigenvalue weighted by molar-refractivity contribution is 0.0545. The number of hydrazine groups is 1. The number of hydrogen-bond donors (Lipinski definition) is 2. The highest BCUT2D eigenvalue weighted by atomic mass is 16.2. The summed E-state index contributed by atoms with van der Waals surface area (Å²) in [7, 11) is 0. The molecule has 3 heterocycles. The van der Waals surface area contributed by atoms with E-state index in [-0.39, 0.29) is 5.91 Å². The molecule has 2 aliphatic heterocycles. The number of rotatable bonds is 3. The third kappa shape index (κ3) is 3.56. The average molecular weight is 337 g/mol. The van der Waals surface area contributed by atoms with Gasteiger partial charge in [0, 0.05) is 50.2 Å². The van der Waals surface area contributed by atoms with E-state index in [2.05, 4.69) is 45.0 Å². The maximum atomic E-state index is 12.5. The number of hydrogen-bond acceptors (Lipinski definition) is 5. The zero-order valence-corrected chi connectivity index (χ0v) is 14.1. The Morgan fingerprint density at radius 1 is 0.960 bits per heavy atom. The number of carbonyl (C=O) groups is 1. The number of piperazine rings is 1. The summed E-state index contributed by atoms with van der Waals surface area (Å²) in [4.78, 5) is 20.8. The predicted octanol–water partition coefficient (Wildman–Crippen LogP) is 1.40. The Balaban J connectivity index is 1.31. The van der Waals surface area contributed by atoms with Crippen LogP contribution in [-0.4, -0.2) is 53.0 Å². The van der Waals surface area contributed by atoms with E-state index in [0.29, 0.717) is 17.8 Å². The Kier molecular flexibility index (Phi) is 4.74. The molecule has 2 unspecified atom stereocenters. The van der Waals surface area contributed by atoms with Crippen LogP contribution in [0.15, 0.2) is 54.9 Å². The van der Waals surface area contributed by atoms with Gasteiger partial charge in [0.05, 0.1) is 6.17 Å². The van der Waals surface area contributed by atoms with Crippen LogP contribution in [0.4, 0.5) is 0 Å². The van der Waals surface area contributed by atoms with Crippen molar-refractivity contribution in [2.45, 2.75) is 18.6 Å². The second-order valence-corrected chi connectivity index (χ2v) is 6.57. The monoisotopic (exact) mass is 337 g/mol. The summed E-state index contributed by atoms with van der Waals surface area (Å²) in [5, 5.41) is 0. The molecule has 1 aromatic carbocycles. The lowest BCUT2D eigenvalue weighted by atomic mass is 10.0. The number of aromatic nitrogens is 1. The van der Waals surface area contributed by atoms with Crippen molar-refractivity contribution in [3.8, 4) is 0 Å². The quantitative estimate of drug-likeness (QED) is 0.887. The van der Waals surface area contributed by atoms with Gasteiger partial charge >= 0.3 is 0 Å². The lowest BCUT2D eigenvalue weighted by Gasteiger charge is -2.37. The first-order chi connectivity index (χ1) is 12.3. The van der Waals surface area contributed by atoms with Crippen LogP contribution >= 0.6 is 0 Å². The van der Waals surface area contributed by atoms with E-state index in [0.717, 1.165) is 32.6 Å². The third-order valence-corrected chi connectivity index (χ3v) is 5.05. The standard InChI is InChI=1S/C19H23N5O/c25-19(16-6-8-20-9-7-16)24-12-10-23(11-13-24)18-14-17(21-22-18)15-4-2-1-3-5-15/h1-9,17-18,21-22H,10-14H2. The summed E-state index contributed by atoms with van der Waals surface area (Å²) >= 11 is 0. The van der Waals surface area contributed by atoms with Crippen molar-refractivity contribution in [3.63, 3.8) is 0 Å². The second-order valence-electron chi connectivity index (χ2n) is 6.57. The minimum Gasteiger partial charge on any atom is -0.336 e. The van der Waals surface area contributed by atoms with Gasteiger partial charge in [-0.15, -0.1) is 0 Å². The maximum Gasteiger partial charge on any atom is 0.254 e. The van der Waals surface area contributed by atoms with Gasteiger partial charge in [-0.2, -0.15) is 0 Å². The molecule has 1 amide bonds. The third-order valence-electron chi connectivity index (χ3n) is 5.05. The van der Waals surface area contributed by atoms with Crippen molar-refractivity contribution in [1.82, 2.24) is 25.6 Å². The van der Waals surface area contributed by atoms with Crippen LogP contribution in [-0.2, 0) is 0 Å². The molecule has 1 aromatic heterocycles. The Morgan fingerprint density at radius 2 is 1.68 bits per heavy atom. The number of nitrogens with one attached hydrogen (secondary N) is 2. The molecular weight excluding hydrogens is 314 g/mol. The van der Waals surface area contributed by atoms with Gasteiger partial charge in [0.2, 0.25) is 0 Å². The summed E-state index contributed by atoms with van der Waals surface area (Å²) in [6, 6.07) is 14.4. The molecular formula is C19H23N5O. The minimum absolute atomic E-state index is 0.0988. The smallest absolute Gasteiger partial charge is 0.254 e. The summed E-state index contributed by atoms with van der Waals surface area (Å²) in [5.74, 6) is 0.0988. The summed E-state index contributed by atoms with van der Waals surface area (Å²) in [6.07, 6.45) is 4.67. The SMILES string of the molecule is O=C(c1ccncc1)N1CCN(C2CC(c3ccccc3)NN2)CC1. The van der Waals surface area contributed by atoms with Gasteiger partial charge in [-0.3, -0.25) is 14.7 Å². The summed E-state index contributed by atoms with van der Waals surface area (Å²) < 4.78 is 0. The number of amides is 1. The van der Waals surface area contributed by atoms with Crippen LogP contribution in [0.25, 0.3) is 0 Å². The van der Waals surface area contributed by atoms with Gasteiger partial charge < -0.3 is 4.90 Å². The van der Waals surface area contributed by atoms with E-state index in [1.165, 1.54) is 5.56 Å². The van der Waals surface area contributed by atoms with Gasteiger partial charge in [-0.1, -0.05) is 30.3 Å². The highest BCUT2D eigenvalue weighted by Gasteiger charge is 2.32. The van der Waals surface area contributed by atoms with E-state index in [1.807, 2.05) is 11.0 Å². The topological polar surface area (TPSA) is 60.5 Å². The van der Waals surface area contributed by atoms with Crippen LogP contribution in [0.1, 0.15) is 28.4 Å². The molecule has 130 valence electrons. The zero-order valence-electron chi connectivity index (χ0n) is 14.1. The van der Waals surface area contributed by atoms with Gasteiger partial charge in [0.1, 0.15) is 0 Å². The molecule has 2 fully saturated rings. The van der Waals surface area contributed by atoms with Crippen LogP contribution < -0.4 is 10.9 Å². The van der Waals surface area contributed by atoms with Gasteiger partial charge in [0.15, 0.2) is 0 Å². The Bertz CT molecular complexity index is 700. The molecule has 2 aromatic rings. The first-order valence-corrected chi connectivity index (χ1v) is 8.80. The number of carbonyl (C=O) groups excluding carboxylic acids is 1. The maximum absolute atomic E-state index is 12.5. The van der Waals surface area contributed by atoms with Crippen molar-refractivity contribution in [1.29, 1.82) is 0 Å². The van der Waals surface area contributed by atoms with Gasteiger partial charge in [-0.25, -0.2) is 10.9 Å². The van der Waals surface area contributed by atoms with Crippen molar-refractivity contribution in [2.75, 3.05) is 26.2 Å². The molecule has 2 aliphatic rings. The van der Waals surface area contributed by atoms with Crippen molar-refractivity contribution >= 4 is 5.91 Å². The molecule has 2 saturated heterocycles. The van der Waals surface area contributed by atoms with Gasteiger partial charge in [-0.05, 0) is 24.1 Å². The molecule has 0 radical (unpaired) electrons. The van der Waals surface area contributed by atoms with Crippen LogP contribution in [0.2, 0.25) is 0 Å². The molecule has 2 N–H and O–H groups in total. The van der Waals surface area contributed by atoms with Crippen molar-refractivity contribution < 1.29 is 4.79 Å². The molecule has 0 spiro atoms. The van der Waals surface area contributed by atoms with Crippen molar-refractivity contribution in [3.05, 3.63) is 66.0 Å². The molecule has 0 saturated carbocycles. The molecule has 4 rings (SSSR count). The van der Waals surface area contributed by atoms with Crippen LogP contribution in [0.5, 0.6) is 0 Å². The first kappa shape index (κ1) is 16.2. The fourth-order valence-corrected chi connectivity index (χ4v) is 3.60. The fraction of sp³-hybridized carbons (Fsp3) is 0.368. The highest BCUT2D eigenvalue weighted by molar-refractivity contribution is 5.94. The molecule has 25 heavy (non-hydrogen) atoms. The molecule has 0 aliphatic carbocycles. The lowest BCUT2D eigenvalue weighted by Crippen LogP contribution is -2.55. The van der Waals surface area contributed by atoms with Crippen LogP contribution in [0, 0.1) is 0 Å². The largest absolute Gasteiger partial charge is 0.336 e. The molecule has 6 nitrogen and oxygen atoms in total. The molecule has 6 heteroatoms. The van der Waals surface area contributed by atoms with E-state index in [9.17, 15) is 4.79 Å². The Labute approximate surface area is 147 Å². The minimum atomic E-state index is 0.0988. The predicted molar refractivity (Wildman–Crippen MR) is 95.6 cm³/mol. The number of benzene rings is 1. The average Bonchev–Trinajstić information content (AvgIpc) is 3.19. The fourth-order valence-electron chi connectivity index (χ4n) is 3.60. The van der Waals surface area contributed by atoms with E-state index in [4.69, 9.17) is 0 Å².